The summed E-state index contributed by atoms with van der Waals surface area (Å²) in [6.07, 6.45) is 0. The first-order valence-electron chi connectivity index (χ1n) is 9.85. The van der Waals surface area contributed by atoms with E-state index < -0.39 is 0 Å². The first-order valence-corrected chi connectivity index (χ1v) is 9.85. The van der Waals surface area contributed by atoms with Crippen molar-refractivity contribution in [2.45, 2.75) is 6.61 Å². The molecule has 29 heavy (non-hydrogen) atoms. The second-order valence-electron chi connectivity index (χ2n) is 7.39. The van der Waals surface area contributed by atoms with Crippen LogP contribution in [0.2, 0.25) is 0 Å². The first kappa shape index (κ1) is 18.1. The zero-order valence-corrected chi connectivity index (χ0v) is 16.0. The second-order valence-corrected chi connectivity index (χ2v) is 7.39. The molecule has 7 heteroatoms. The Hall–Kier alpha value is -2.90. The standard InChI is InChI=1S/C22H22FN3O3/c23-15-1-4-19-18(12-15)20(22(27)25-19)21-17-3-2-16(11-14(17)13-29-21)24-5-6-26-7-9-28-10-8-26/h1-4,11-12,24H,5-10,13H2,(H,25,27)/b21-20+. The molecule has 5 rings (SSSR count). The highest BCUT2D eigenvalue weighted by molar-refractivity contribution is 6.36. The van der Waals surface area contributed by atoms with Gasteiger partial charge in [-0.15, -0.1) is 0 Å². The van der Waals surface area contributed by atoms with E-state index in [1.54, 1.807) is 6.07 Å². The summed E-state index contributed by atoms with van der Waals surface area (Å²) in [4.78, 5) is 14.9. The van der Waals surface area contributed by atoms with Gasteiger partial charge in [-0.3, -0.25) is 9.69 Å². The third-order valence-corrected chi connectivity index (χ3v) is 5.54. The Morgan fingerprint density at radius 2 is 1.97 bits per heavy atom. The number of carbonyl (C=O) groups excluding carboxylic acids is 1. The molecule has 3 aliphatic rings. The lowest BCUT2D eigenvalue weighted by molar-refractivity contribution is -0.110. The van der Waals surface area contributed by atoms with Gasteiger partial charge in [0.05, 0.1) is 18.8 Å². The molecule has 0 aromatic heterocycles. The molecule has 2 aromatic rings. The molecule has 0 atom stereocenters. The van der Waals surface area contributed by atoms with Crippen LogP contribution in [0, 0.1) is 5.82 Å². The lowest BCUT2D eigenvalue weighted by atomic mass is 10.00. The van der Waals surface area contributed by atoms with E-state index in [1.165, 1.54) is 12.1 Å². The number of benzene rings is 2. The number of hydrogen-bond acceptors (Lipinski definition) is 5. The number of amides is 1. The topological polar surface area (TPSA) is 62.8 Å². The average molecular weight is 395 g/mol. The van der Waals surface area contributed by atoms with Crippen molar-refractivity contribution in [3.8, 4) is 0 Å². The van der Waals surface area contributed by atoms with Crippen LogP contribution in [0.5, 0.6) is 0 Å². The number of nitrogens with zero attached hydrogens (tertiary/aromatic N) is 1. The first-order chi connectivity index (χ1) is 14.2. The molecule has 0 saturated carbocycles. The molecule has 2 aromatic carbocycles. The SMILES string of the molecule is O=C1Nc2ccc(F)cc2/C1=C1\OCc2cc(NCCN3CCOCC3)ccc21. The van der Waals surface area contributed by atoms with Crippen molar-refractivity contribution in [1.29, 1.82) is 0 Å². The minimum Gasteiger partial charge on any atom is -0.487 e. The lowest BCUT2D eigenvalue weighted by Crippen LogP contribution is -2.39. The summed E-state index contributed by atoms with van der Waals surface area (Å²) in [5.41, 5.74) is 4.47. The molecule has 0 bridgehead atoms. The summed E-state index contributed by atoms with van der Waals surface area (Å²) in [6, 6.07) is 10.3. The van der Waals surface area contributed by atoms with Gasteiger partial charge in [0.2, 0.25) is 0 Å². The fourth-order valence-corrected chi connectivity index (χ4v) is 4.03. The molecule has 3 aliphatic heterocycles. The van der Waals surface area contributed by atoms with Crippen molar-refractivity contribution < 1.29 is 18.7 Å². The van der Waals surface area contributed by atoms with Crippen molar-refractivity contribution in [3.05, 3.63) is 58.9 Å². The van der Waals surface area contributed by atoms with Gasteiger partial charge in [0.15, 0.2) is 0 Å². The summed E-state index contributed by atoms with van der Waals surface area (Å²) >= 11 is 0. The summed E-state index contributed by atoms with van der Waals surface area (Å²) < 4.78 is 25.0. The Bertz CT molecular complexity index is 999. The number of ether oxygens (including phenoxy) is 2. The number of carbonyl (C=O) groups is 1. The highest BCUT2D eigenvalue weighted by atomic mass is 19.1. The van der Waals surface area contributed by atoms with Crippen LogP contribution in [-0.4, -0.2) is 50.2 Å². The molecule has 0 aliphatic carbocycles. The molecule has 0 unspecified atom stereocenters. The van der Waals surface area contributed by atoms with E-state index >= 15 is 0 Å². The van der Waals surface area contributed by atoms with Gasteiger partial charge < -0.3 is 20.1 Å². The van der Waals surface area contributed by atoms with Crippen LogP contribution >= 0.6 is 0 Å². The number of fused-ring (bicyclic) bond motifs is 2. The molecular formula is C22H22FN3O3. The molecule has 0 spiro atoms. The van der Waals surface area contributed by atoms with Crippen LogP contribution in [0.25, 0.3) is 11.3 Å². The number of hydrogen-bond donors (Lipinski definition) is 2. The minimum absolute atomic E-state index is 0.263. The Morgan fingerprint density at radius 3 is 2.83 bits per heavy atom. The average Bonchev–Trinajstić information content (AvgIpc) is 3.28. The van der Waals surface area contributed by atoms with Crippen LogP contribution in [0.4, 0.5) is 15.8 Å². The van der Waals surface area contributed by atoms with Gasteiger partial charge in [0, 0.05) is 54.2 Å². The smallest absolute Gasteiger partial charge is 0.260 e. The fourth-order valence-electron chi connectivity index (χ4n) is 4.03. The Labute approximate surface area is 168 Å². The van der Waals surface area contributed by atoms with Crippen molar-refractivity contribution in [2.75, 3.05) is 50.0 Å². The van der Waals surface area contributed by atoms with Crippen molar-refractivity contribution >= 4 is 28.6 Å². The van der Waals surface area contributed by atoms with Gasteiger partial charge in [-0.2, -0.15) is 0 Å². The molecule has 1 amide bonds. The minimum atomic E-state index is -0.378. The maximum Gasteiger partial charge on any atom is 0.260 e. The van der Waals surface area contributed by atoms with Crippen LogP contribution in [0.1, 0.15) is 16.7 Å². The lowest BCUT2D eigenvalue weighted by Gasteiger charge is -2.26. The predicted octanol–water partition coefficient (Wildman–Crippen LogP) is 2.92. The number of halogens is 1. The Morgan fingerprint density at radius 1 is 1.10 bits per heavy atom. The molecule has 2 N–H and O–H groups in total. The van der Waals surface area contributed by atoms with Crippen molar-refractivity contribution in [1.82, 2.24) is 4.90 Å². The van der Waals surface area contributed by atoms with E-state index in [4.69, 9.17) is 9.47 Å². The number of anilines is 2. The second kappa shape index (κ2) is 7.50. The quantitative estimate of drug-likeness (QED) is 0.780. The highest BCUT2D eigenvalue weighted by Gasteiger charge is 2.32. The predicted molar refractivity (Wildman–Crippen MR) is 109 cm³/mol. The summed E-state index contributed by atoms with van der Waals surface area (Å²) in [6.45, 7) is 5.76. The molecule has 3 heterocycles. The Kier molecular flexibility index (Phi) is 4.69. The van der Waals surface area contributed by atoms with Gasteiger partial charge in [0.25, 0.3) is 5.91 Å². The summed E-state index contributed by atoms with van der Waals surface area (Å²) in [7, 11) is 0. The van der Waals surface area contributed by atoms with Gasteiger partial charge in [-0.1, -0.05) is 0 Å². The monoisotopic (exact) mass is 395 g/mol. The van der Waals surface area contributed by atoms with Gasteiger partial charge in [0.1, 0.15) is 18.2 Å². The van der Waals surface area contributed by atoms with Crippen molar-refractivity contribution in [3.63, 3.8) is 0 Å². The fraction of sp³-hybridized carbons (Fsp3) is 0.318. The van der Waals surface area contributed by atoms with Crippen LogP contribution < -0.4 is 10.6 Å². The highest BCUT2D eigenvalue weighted by Crippen LogP contribution is 2.42. The summed E-state index contributed by atoms with van der Waals surface area (Å²) in [5.74, 6) is -0.126. The maximum absolute atomic E-state index is 13.7. The Balaban J connectivity index is 1.35. The molecule has 1 fully saturated rings. The third-order valence-electron chi connectivity index (χ3n) is 5.54. The zero-order valence-electron chi connectivity index (χ0n) is 16.0. The van der Waals surface area contributed by atoms with Crippen LogP contribution in [0.15, 0.2) is 36.4 Å². The van der Waals surface area contributed by atoms with E-state index in [0.29, 0.717) is 29.2 Å². The maximum atomic E-state index is 13.7. The van der Waals surface area contributed by atoms with Crippen molar-refractivity contribution in [2.24, 2.45) is 0 Å². The molecule has 6 nitrogen and oxygen atoms in total. The van der Waals surface area contributed by atoms with E-state index in [2.05, 4.69) is 21.6 Å². The molecule has 150 valence electrons. The van der Waals surface area contributed by atoms with Gasteiger partial charge in [-0.25, -0.2) is 4.39 Å². The van der Waals surface area contributed by atoms with Crippen LogP contribution in [0.3, 0.4) is 0 Å². The molecular weight excluding hydrogens is 373 g/mol. The number of nitrogens with one attached hydrogen (secondary N) is 2. The zero-order chi connectivity index (χ0) is 19.8. The normalized spacial score (nSPS) is 20.8. The van der Waals surface area contributed by atoms with Crippen LogP contribution in [-0.2, 0) is 20.9 Å². The molecule has 0 radical (unpaired) electrons. The van der Waals surface area contributed by atoms with Gasteiger partial charge >= 0.3 is 0 Å². The van der Waals surface area contributed by atoms with E-state index in [0.717, 1.165) is 56.2 Å². The summed E-state index contributed by atoms with van der Waals surface area (Å²) in [5, 5.41) is 6.24. The van der Waals surface area contributed by atoms with E-state index in [-0.39, 0.29) is 11.7 Å². The largest absolute Gasteiger partial charge is 0.487 e. The third kappa shape index (κ3) is 3.47. The van der Waals surface area contributed by atoms with Gasteiger partial charge in [-0.05, 0) is 36.4 Å². The van der Waals surface area contributed by atoms with E-state index in [9.17, 15) is 9.18 Å². The number of morpholine rings is 1. The molecule has 1 saturated heterocycles. The van der Waals surface area contributed by atoms with E-state index in [1.807, 2.05) is 12.1 Å². The number of rotatable bonds is 4.